The topological polar surface area (TPSA) is 37.3 Å². The summed E-state index contributed by atoms with van der Waals surface area (Å²) in [5, 5.41) is 5.38. The lowest BCUT2D eigenvalue weighted by Gasteiger charge is -2.12. The summed E-state index contributed by atoms with van der Waals surface area (Å²) in [7, 11) is 1.88. The van der Waals surface area contributed by atoms with Crippen molar-refractivity contribution >= 4 is 28.0 Å². The van der Waals surface area contributed by atoms with Crippen LogP contribution in [0.3, 0.4) is 0 Å². The van der Waals surface area contributed by atoms with Crippen LogP contribution in [0.1, 0.15) is 12.5 Å². The predicted octanol–water partition coefficient (Wildman–Crippen LogP) is 3.09. The predicted molar refractivity (Wildman–Crippen MR) is 72.4 cm³/mol. The number of fused-ring (bicyclic) bond motifs is 1. The number of pyridine rings is 1. The molecule has 0 amide bonds. The lowest BCUT2D eigenvalue weighted by molar-refractivity contribution is 1.31. The summed E-state index contributed by atoms with van der Waals surface area (Å²) in [4.78, 5) is 8.68. The van der Waals surface area contributed by atoms with Gasteiger partial charge in [-0.15, -0.1) is 0 Å². The number of hydrogen-bond acceptors (Lipinski definition) is 3. The van der Waals surface area contributed by atoms with Crippen molar-refractivity contribution < 1.29 is 0 Å². The normalized spacial score (nSPS) is 14.0. The third kappa shape index (κ3) is 1.69. The van der Waals surface area contributed by atoms with Crippen molar-refractivity contribution in [1.82, 2.24) is 4.98 Å². The van der Waals surface area contributed by atoms with Crippen LogP contribution in [0.2, 0.25) is 0 Å². The number of hydrogen-bond donors (Lipinski definition) is 1. The van der Waals surface area contributed by atoms with Crippen LogP contribution in [0.4, 0.5) is 5.82 Å². The fourth-order valence-corrected chi connectivity index (χ4v) is 1.97. The van der Waals surface area contributed by atoms with Crippen molar-refractivity contribution in [1.29, 1.82) is 0 Å². The third-order valence-electron chi connectivity index (χ3n) is 2.92. The third-order valence-corrected chi connectivity index (χ3v) is 2.92. The number of anilines is 1. The number of nitrogens with zero attached hydrogens (tertiary/aromatic N) is 2. The summed E-state index contributed by atoms with van der Waals surface area (Å²) >= 11 is 0. The highest BCUT2D eigenvalue weighted by atomic mass is 14.9. The van der Waals surface area contributed by atoms with Gasteiger partial charge in [0.15, 0.2) is 0 Å². The molecule has 0 fully saturated rings. The SMILES string of the molecule is CNc1cc2cc(C3=CC(C)=N3)ccc2cn1. The summed E-state index contributed by atoms with van der Waals surface area (Å²) < 4.78 is 0. The van der Waals surface area contributed by atoms with Crippen LogP contribution >= 0.6 is 0 Å². The van der Waals surface area contributed by atoms with Gasteiger partial charge >= 0.3 is 0 Å². The lowest BCUT2D eigenvalue weighted by atomic mass is 10.0. The molecule has 0 saturated heterocycles. The molecule has 0 radical (unpaired) electrons. The fourth-order valence-electron chi connectivity index (χ4n) is 1.97. The van der Waals surface area contributed by atoms with E-state index < -0.39 is 0 Å². The van der Waals surface area contributed by atoms with E-state index >= 15 is 0 Å². The van der Waals surface area contributed by atoms with Crippen LogP contribution in [0.25, 0.3) is 16.5 Å². The molecule has 0 unspecified atom stereocenters. The Labute approximate surface area is 99.9 Å². The zero-order valence-electron chi connectivity index (χ0n) is 9.86. The van der Waals surface area contributed by atoms with E-state index in [1.807, 2.05) is 20.2 Å². The van der Waals surface area contributed by atoms with E-state index in [1.54, 1.807) is 0 Å². The molecular weight excluding hydrogens is 210 g/mol. The molecule has 3 nitrogen and oxygen atoms in total. The quantitative estimate of drug-likeness (QED) is 0.849. The molecule has 1 aromatic heterocycles. The minimum absolute atomic E-state index is 0.886. The van der Waals surface area contributed by atoms with Crippen LogP contribution in [-0.4, -0.2) is 17.7 Å². The molecule has 3 heteroatoms. The Bertz CT molecular complexity index is 654. The summed E-state index contributed by atoms with van der Waals surface area (Å²) in [6.45, 7) is 2.01. The molecule has 1 N–H and O–H groups in total. The number of aromatic nitrogens is 1. The summed E-state index contributed by atoms with van der Waals surface area (Å²) in [5.41, 5.74) is 3.31. The van der Waals surface area contributed by atoms with Crippen LogP contribution < -0.4 is 5.32 Å². The van der Waals surface area contributed by atoms with Gasteiger partial charge < -0.3 is 5.32 Å². The van der Waals surface area contributed by atoms with Gasteiger partial charge in [-0.05, 0) is 30.5 Å². The van der Waals surface area contributed by atoms with Gasteiger partial charge in [0.1, 0.15) is 5.82 Å². The van der Waals surface area contributed by atoms with E-state index in [1.165, 1.54) is 5.39 Å². The first-order chi connectivity index (χ1) is 8.26. The molecular formula is C14H13N3. The highest BCUT2D eigenvalue weighted by Gasteiger charge is 2.09. The molecule has 1 aliphatic heterocycles. The van der Waals surface area contributed by atoms with E-state index in [0.717, 1.165) is 28.2 Å². The second-order valence-corrected chi connectivity index (χ2v) is 4.16. The fraction of sp³-hybridized carbons (Fsp3) is 0.143. The van der Waals surface area contributed by atoms with E-state index in [4.69, 9.17) is 0 Å². The average molecular weight is 223 g/mol. The van der Waals surface area contributed by atoms with Crippen molar-refractivity contribution in [2.24, 2.45) is 4.99 Å². The molecule has 84 valence electrons. The molecule has 2 aromatic rings. The Hall–Kier alpha value is -2.16. The van der Waals surface area contributed by atoms with E-state index in [-0.39, 0.29) is 0 Å². The first kappa shape index (κ1) is 10.0. The minimum atomic E-state index is 0.886. The Balaban J connectivity index is 2.08. The van der Waals surface area contributed by atoms with E-state index in [9.17, 15) is 0 Å². The first-order valence-electron chi connectivity index (χ1n) is 5.61. The van der Waals surface area contributed by atoms with Gasteiger partial charge in [0.2, 0.25) is 0 Å². The van der Waals surface area contributed by atoms with Gasteiger partial charge in [-0.2, -0.15) is 0 Å². The Kier molecular flexibility index (Phi) is 2.18. The number of benzene rings is 1. The van der Waals surface area contributed by atoms with Crippen molar-refractivity contribution in [3.05, 3.63) is 42.1 Å². The molecule has 0 bridgehead atoms. The number of rotatable bonds is 2. The van der Waals surface area contributed by atoms with Crippen LogP contribution in [-0.2, 0) is 0 Å². The second kappa shape index (κ2) is 3.70. The van der Waals surface area contributed by atoms with Gasteiger partial charge in [0.25, 0.3) is 0 Å². The van der Waals surface area contributed by atoms with Gasteiger partial charge in [-0.1, -0.05) is 12.1 Å². The van der Waals surface area contributed by atoms with Gasteiger partial charge in [0, 0.05) is 29.9 Å². The zero-order valence-corrected chi connectivity index (χ0v) is 9.86. The largest absolute Gasteiger partial charge is 0.373 e. The molecule has 1 aliphatic rings. The van der Waals surface area contributed by atoms with Gasteiger partial charge in [-0.3, -0.25) is 4.99 Å². The Morgan fingerprint density at radius 2 is 1.94 bits per heavy atom. The summed E-state index contributed by atoms with van der Waals surface area (Å²) in [5.74, 6) is 0.886. The summed E-state index contributed by atoms with van der Waals surface area (Å²) in [6.07, 6.45) is 3.98. The zero-order chi connectivity index (χ0) is 11.8. The maximum atomic E-state index is 4.39. The highest BCUT2D eigenvalue weighted by molar-refractivity contribution is 6.09. The molecule has 0 saturated carbocycles. The highest BCUT2D eigenvalue weighted by Crippen LogP contribution is 2.26. The van der Waals surface area contributed by atoms with Gasteiger partial charge in [-0.25, -0.2) is 4.98 Å². The maximum Gasteiger partial charge on any atom is 0.126 e. The molecule has 0 spiro atoms. The Morgan fingerprint density at radius 1 is 1.12 bits per heavy atom. The first-order valence-corrected chi connectivity index (χ1v) is 5.61. The Morgan fingerprint density at radius 3 is 2.65 bits per heavy atom. The lowest BCUT2D eigenvalue weighted by Crippen LogP contribution is -1.99. The number of nitrogens with one attached hydrogen (secondary N) is 1. The van der Waals surface area contributed by atoms with Gasteiger partial charge in [0.05, 0.1) is 5.70 Å². The molecule has 0 atom stereocenters. The smallest absolute Gasteiger partial charge is 0.126 e. The number of aliphatic imine (C=N–C) groups is 1. The van der Waals surface area contributed by atoms with Crippen molar-refractivity contribution in [3.63, 3.8) is 0 Å². The summed E-state index contributed by atoms with van der Waals surface area (Å²) in [6, 6.07) is 8.38. The van der Waals surface area contributed by atoms with Crippen LogP contribution in [0, 0.1) is 0 Å². The molecule has 17 heavy (non-hydrogen) atoms. The van der Waals surface area contributed by atoms with Crippen molar-refractivity contribution in [2.75, 3.05) is 12.4 Å². The monoisotopic (exact) mass is 223 g/mol. The molecule has 1 aromatic carbocycles. The van der Waals surface area contributed by atoms with E-state index in [0.29, 0.717) is 0 Å². The maximum absolute atomic E-state index is 4.39. The minimum Gasteiger partial charge on any atom is -0.373 e. The van der Waals surface area contributed by atoms with Crippen LogP contribution in [0.5, 0.6) is 0 Å². The second-order valence-electron chi connectivity index (χ2n) is 4.16. The molecule has 3 rings (SSSR count). The molecule has 0 aliphatic carbocycles. The van der Waals surface area contributed by atoms with Crippen molar-refractivity contribution in [3.8, 4) is 0 Å². The average Bonchev–Trinajstić information content (AvgIpc) is 2.33. The van der Waals surface area contributed by atoms with Crippen LogP contribution in [0.15, 0.2) is 41.5 Å². The standard InChI is InChI=1S/C14H13N3/c1-9-5-13(17-9)10-3-4-11-8-16-14(15-2)7-12(11)6-10/h3-8H,1-2H3,(H,15,16). The molecule has 2 heterocycles. The van der Waals surface area contributed by atoms with E-state index in [2.05, 4.69) is 45.6 Å². The number of allylic oxidation sites excluding steroid dienone is 1. The van der Waals surface area contributed by atoms with Crippen molar-refractivity contribution in [2.45, 2.75) is 6.92 Å².